The van der Waals surface area contributed by atoms with E-state index in [0.29, 0.717) is 17.8 Å². The molecule has 0 N–H and O–H groups in total. The summed E-state index contributed by atoms with van der Waals surface area (Å²) in [6.07, 6.45) is 14.7. The number of ether oxygens (including phenoxy) is 1. The Kier molecular flexibility index (Phi) is 12.5. The third-order valence-electron chi connectivity index (χ3n) is 11.5. The van der Waals surface area contributed by atoms with Gasteiger partial charge in [0.2, 0.25) is 0 Å². The topological polar surface area (TPSA) is 113 Å². The monoisotopic (exact) mass is 674 g/mol. The molecule has 0 amide bonds. The van der Waals surface area contributed by atoms with Crippen molar-refractivity contribution in [3.05, 3.63) is 11.6 Å². The summed E-state index contributed by atoms with van der Waals surface area (Å²) in [5.74, 6) is 1.60. The van der Waals surface area contributed by atoms with Crippen LogP contribution in [0.15, 0.2) is 11.6 Å². The van der Waals surface area contributed by atoms with Crippen molar-refractivity contribution in [2.24, 2.45) is 45.8 Å². The average Bonchev–Trinajstić information content (AvgIpc) is 3.19. The second kappa shape index (κ2) is 14.7. The summed E-state index contributed by atoms with van der Waals surface area (Å²) in [5, 5.41) is 0. The number of unbranched alkanes of at least 4 members (excludes halogenated alkanes) is 1. The van der Waals surface area contributed by atoms with Gasteiger partial charge in [-0.05, 0) is 113 Å². The summed E-state index contributed by atoms with van der Waals surface area (Å²) in [4.78, 5) is 12.6. The maximum atomic E-state index is 12.6. The molecular formula is C35H62O8S2. The fourth-order valence-electron chi connectivity index (χ4n) is 9.17. The molecule has 0 aromatic heterocycles. The van der Waals surface area contributed by atoms with Crippen LogP contribution in [-0.4, -0.2) is 54.1 Å². The molecule has 9 unspecified atom stereocenters. The second-order valence-electron chi connectivity index (χ2n) is 15.9. The van der Waals surface area contributed by atoms with Crippen LogP contribution in [0.3, 0.4) is 0 Å². The summed E-state index contributed by atoms with van der Waals surface area (Å²) < 4.78 is 64.2. The van der Waals surface area contributed by atoms with E-state index in [1.165, 1.54) is 11.8 Å². The molecule has 3 fully saturated rings. The minimum atomic E-state index is -3.59. The van der Waals surface area contributed by atoms with Crippen LogP contribution >= 0.6 is 0 Å². The van der Waals surface area contributed by atoms with Crippen molar-refractivity contribution in [2.75, 3.05) is 19.1 Å². The summed E-state index contributed by atoms with van der Waals surface area (Å²) in [7, 11) is -7.03. The molecule has 0 bridgehead atoms. The van der Waals surface area contributed by atoms with Crippen molar-refractivity contribution in [3.63, 3.8) is 0 Å². The van der Waals surface area contributed by atoms with Gasteiger partial charge in [-0.2, -0.15) is 16.8 Å². The lowest BCUT2D eigenvalue weighted by atomic mass is 9.47. The first kappa shape index (κ1) is 38.5. The molecule has 0 aliphatic heterocycles. The van der Waals surface area contributed by atoms with Crippen molar-refractivity contribution in [1.29, 1.82) is 0 Å². The number of hydrogen-bond donors (Lipinski definition) is 0. The normalized spacial score (nSPS) is 35.6. The first-order valence-electron chi connectivity index (χ1n) is 17.4. The molecule has 3 saturated carbocycles. The molecule has 0 saturated heterocycles. The number of hydrogen-bond acceptors (Lipinski definition) is 8. The van der Waals surface area contributed by atoms with Crippen molar-refractivity contribution >= 4 is 26.2 Å². The molecule has 4 aliphatic rings. The molecule has 0 heterocycles. The smallest absolute Gasteiger partial charge is 0.311 e. The SMILES string of the molecule is CC.CC(CCCCC1C(OS(C)(=O)=O)CC2C3CC=C4CC(OC(=O)C(C)(C)C)CCC4(C)C3CCC12C)COS(C)(=O)=O. The Bertz CT molecular complexity index is 1270. The fraction of sp³-hybridized carbons (Fsp3) is 0.914. The molecule has 45 heavy (non-hydrogen) atoms. The van der Waals surface area contributed by atoms with Gasteiger partial charge in [0, 0.05) is 6.42 Å². The second-order valence-corrected chi connectivity index (χ2v) is 19.1. The standard InChI is InChI=1S/C33H56O8S2.C2H6/c1-22(21-39-42(7,35)36)11-9-10-12-27-29(41-43(8,37)38)20-28-25-14-13-23-19-24(40-30(34)31(2,3)4)15-17-32(23,5)26(25)16-18-33(27,28)6;1-2/h13,22,24-29H,9-12,14-21H2,1-8H3;1-2H3. The Morgan fingerprint density at radius 1 is 1.00 bits per heavy atom. The fourth-order valence-corrected chi connectivity index (χ4v) is 10.3. The highest BCUT2D eigenvalue weighted by molar-refractivity contribution is 7.86. The Labute approximate surface area is 275 Å². The van der Waals surface area contributed by atoms with Gasteiger partial charge in [0.25, 0.3) is 20.2 Å². The van der Waals surface area contributed by atoms with E-state index in [9.17, 15) is 21.6 Å². The van der Waals surface area contributed by atoms with E-state index in [4.69, 9.17) is 13.1 Å². The molecule has 0 radical (unpaired) electrons. The third kappa shape index (κ3) is 9.35. The van der Waals surface area contributed by atoms with Gasteiger partial charge in [-0.15, -0.1) is 0 Å². The van der Waals surface area contributed by atoms with Crippen LogP contribution in [0, 0.1) is 45.8 Å². The predicted molar refractivity (Wildman–Crippen MR) is 179 cm³/mol. The highest BCUT2D eigenvalue weighted by Crippen LogP contribution is 2.67. The lowest BCUT2D eigenvalue weighted by molar-refractivity contribution is -0.161. The highest BCUT2D eigenvalue weighted by Gasteiger charge is 2.61. The zero-order valence-corrected chi connectivity index (χ0v) is 31.3. The van der Waals surface area contributed by atoms with Crippen LogP contribution in [0.4, 0.5) is 0 Å². The van der Waals surface area contributed by atoms with Crippen molar-refractivity contribution in [3.8, 4) is 0 Å². The summed E-state index contributed by atoms with van der Waals surface area (Å²) in [6.45, 7) is 16.7. The Balaban J connectivity index is 0.00000271. The van der Waals surface area contributed by atoms with Crippen molar-refractivity contribution in [2.45, 2.75) is 138 Å². The summed E-state index contributed by atoms with van der Waals surface area (Å²) in [6, 6.07) is 0. The van der Waals surface area contributed by atoms with E-state index >= 15 is 0 Å². The van der Waals surface area contributed by atoms with E-state index in [-0.39, 0.29) is 47.4 Å². The van der Waals surface area contributed by atoms with Crippen molar-refractivity contribution < 1.29 is 34.7 Å². The van der Waals surface area contributed by atoms with E-state index in [1.54, 1.807) is 0 Å². The van der Waals surface area contributed by atoms with Gasteiger partial charge >= 0.3 is 5.97 Å². The molecule has 0 aromatic rings. The molecular weight excluding hydrogens is 613 g/mol. The molecule has 0 aromatic carbocycles. The molecule has 0 spiro atoms. The molecule has 4 rings (SSSR count). The largest absolute Gasteiger partial charge is 0.462 e. The average molecular weight is 675 g/mol. The third-order valence-corrected chi connectivity index (χ3v) is 12.7. The van der Waals surface area contributed by atoms with Crippen LogP contribution < -0.4 is 0 Å². The number of esters is 1. The molecule has 10 heteroatoms. The minimum absolute atomic E-state index is 0.0166. The number of carbonyl (C=O) groups excluding carboxylic acids is 1. The number of allylic oxidation sites excluding steroid dienone is 1. The number of carbonyl (C=O) groups is 1. The van der Waals surface area contributed by atoms with Gasteiger partial charge in [0.1, 0.15) is 6.10 Å². The molecule has 9 atom stereocenters. The molecule has 8 nitrogen and oxygen atoms in total. The first-order chi connectivity index (χ1) is 20.7. The van der Waals surface area contributed by atoms with Gasteiger partial charge in [-0.3, -0.25) is 13.2 Å². The molecule has 262 valence electrons. The van der Waals surface area contributed by atoms with E-state index < -0.39 is 25.7 Å². The Morgan fingerprint density at radius 3 is 2.27 bits per heavy atom. The van der Waals surface area contributed by atoms with E-state index in [2.05, 4.69) is 19.9 Å². The highest BCUT2D eigenvalue weighted by atomic mass is 32.2. The van der Waals surface area contributed by atoms with Crippen LogP contribution in [0.2, 0.25) is 0 Å². The van der Waals surface area contributed by atoms with Crippen LogP contribution in [0.5, 0.6) is 0 Å². The van der Waals surface area contributed by atoms with Gasteiger partial charge in [0.05, 0.1) is 30.6 Å². The van der Waals surface area contributed by atoms with Crippen LogP contribution in [0.1, 0.15) is 126 Å². The van der Waals surface area contributed by atoms with E-state index in [0.717, 1.165) is 76.9 Å². The van der Waals surface area contributed by atoms with Crippen LogP contribution in [0.25, 0.3) is 0 Å². The Hall–Kier alpha value is -0.970. The zero-order chi connectivity index (χ0) is 34.0. The van der Waals surface area contributed by atoms with Gasteiger partial charge < -0.3 is 4.74 Å². The molecule has 4 aliphatic carbocycles. The van der Waals surface area contributed by atoms with Gasteiger partial charge in [0.15, 0.2) is 0 Å². The predicted octanol–water partition coefficient (Wildman–Crippen LogP) is 7.68. The van der Waals surface area contributed by atoms with Gasteiger partial charge in [-0.1, -0.05) is 59.1 Å². The Morgan fingerprint density at radius 2 is 1.67 bits per heavy atom. The maximum absolute atomic E-state index is 12.6. The maximum Gasteiger partial charge on any atom is 0.311 e. The quantitative estimate of drug-likeness (QED) is 0.0950. The van der Waals surface area contributed by atoms with Crippen molar-refractivity contribution in [1.82, 2.24) is 0 Å². The first-order valence-corrected chi connectivity index (χ1v) is 21.0. The summed E-state index contributed by atoms with van der Waals surface area (Å²) >= 11 is 0. The lowest BCUT2D eigenvalue weighted by Crippen LogP contribution is -2.50. The zero-order valence-electron chi connectivity index (χ0n) is 29.7. The summed E-state index contributed by atoms with van der Waals surface area (Å²) in [5.41, 5.74) is 1.05. The van der Waals surface area contributed by atoms with Gasteiger partial charge in [-0.25, -0.2) is 0 Å². The lowest BCUT2D eigenvalue weighted by Gasteiger charge is -2.58. The van der Waals surface area contributed by atoms with Crippen LogP contribution in [-0.2, 0) is 38.1 Å². The number of fused-ring (bicyclic) bond motifs is 5. The van der Waals surface area contributed by atoms with E-state index in [1.807, 2.05) is 41.5 Å². The minimum Gasteiger partial charge on any atom is -0.462 e. The number of rotatable bonds is 11.